The molecule has 6 heteroatoms. The standard InChI is InChI=1S/C13H13BrF2O3/c14-10-5-9(12(17)18)1-2-11(10)19-7-8-3-4-13(15,16)6-8/h1-2,5,8H,3-4,6-7H2,(H,17,18). The predicted octanol–water partition coefficient (Wildman–Crippen LogP) is 3.96. The van der Waals surface area contributed by atoms with Crippen molar-refractivity contribution in [1.29, 1.82) is 0 Å². The molecule has 0 saturated heterocycles. The summed E-state index contributed by atoms with van der Waals surface area (Å²) < 4.78 is 32.0. The number of hydrogen-bond donors (Lipinski definition) is 1. The number of carboxylic acid groups (broad SMARTS) is 1. The van der Waals surface area contributed by atoms with Crippen molar-refractivity contribution in [3.05, 3.63) is 28.2 Å². The van der Waals surface area contributed by atoms with E-state index in [0.29, 0.717) is 16.6 Å². The summed E-state index contributed by atoms with van der Waals surface area (Å²) in [5, 5.41) is 8.82. The molecule has 1 unspecified atom stereocenters. The van der Waals surface area contributed by atoms with Crippen LogP contribution < -0.4 is 4.74 Å². The summed E-state index contributed by atoms with van der Waals surface area (Å²) in [6.07, 6.45) is 0.232. The first-order chi connectivity index (χ1) is 8.87. The summed E-state index contributed by atoms with van der Waals surface area (Å²) in [6.45, 7) is 0.223. The van der Waals surface area contributed by atoms with Crippen LogP contribution >= 0.6 is 15.9 Å². The highest BCUT2D eigenvalue weighted by atomic mass is 79.9. The van der Waals surface area contributed by atoms with Crippen molar-refractivity contribution in [2.75, 3.05) is 6.61 Å². The second-order valence-corrected chi connectivity index (χ2v) is 5.58. The molecule has 1 aliphatic carbocycles. The third-order valence-corrected chi connectivity index (χ3v) is 3.78. The van der Waals surface area contributed by atoms with Crippen LogP contribution in [0, 0.1) is 5.92 Å². The van der Waals surface area contributed by atoms with Crippen LogP contribution in [-0.2, 0) is 0 Å². The molecule has 1 saturated carbocycles. The van der Waals surface area contributed by atoms with E-state index in [0.717, 1.165) is 0 Å². The number of carboxylic acids is 1. The van der Waals surface area contributed by atoms with E-state index in [-0.39, 0.29) is 30.9 Å². The zero-order valence-electron chi connectivity index (χ0n) is 10.0. The highest BCUT2D eigenvalue weighted by Crippen LogP contribution is 2.39. The van der Waals surface area contributed by atoms with Crippen LogP contribution in [0.3, 0.4) is 0 Å². The van der Waals surface area contributed by atoms with Gasteiger partial charge in [-0.1, -0.05) is 0 Å². The van der Waals surface area contributed by atoms with E-state index in [1.54, 1.807) is 0 Å². The minimum absolute atomic E-state index is 0.0832. The number of aromatic carboxylic acids is 1. The number of rotatable bonds is 4. The zero-order chi connectivity index (χ0) is 14.0. The molecule has 0 aromatic heterocycles. The number of hydrogen-bond acceptors (Lipinski definition) is 2. The van der Waals surface area contributed by atoms with Crippen LogP contribution in [0.1, 0.15) is 29.6 Å². The van der Waals surface area contributed by atoms with Crippen molar-refractivity contribution in [1.82, 2.24) is 0 Å². The van der Waals surface area contributed by atoms with Crippen molar-refractivity contribution in [2.24, 2.45) is 5.92 Å². The molecule has 3 nitrogen and oxygen atoms in total. The normalized spacial score (nSPS) is 21.3. The molecule has 1 atom stereocenters. The average molecular weight is 335 g/mol. The molecule has 104 valence electrons. The van der Waals surface area contributed by atoms with Gasteiger partial charge in [0.1, 0.15) is 5.75 Å². The molecular formula is C13H13BrF2O3. The summed E-state index contributed by atoms with van der Waals surface area (Å²) in [7, 11) is 0. The van der Waals surface area contributed by atoms with Gasteiger partial charge in [0.05, 0.1) is 16.6 Å². The Morgan fingerprint density at radius 3 is 2.79 bits per heavy atom. The molecule has 19 heavy (non-hydrogen) atoms. The first kappa shape index (κ1) is 14.2. The lowest BCUT2D eigenvalue weighted by Crippen LogP contribution is -2.14. The third kappa shape index (κ3) is 3.65. The third-order valence-electron chi connectivity index (χ3n) is 3.16. The monoisotopic (exact) mass is 334 g/mol. The Hall–Kier alpha value is -1.17. The summed E-state index contributed by atoms with van der Waals surface area (Å²) >= 11 is 3.21. The fourth-order valence-corrected chi connectivity index (χ4v) is 2.64. The van der Waals surface area contributed by atoms with Crippen molar-refractivity contribution in [3.8, 4) is 5.75 Å². The minimum Gasteiger partial charge on any atom is -0.492 e. The molecule has 0 spiro atoms. The van der Waals surface area contributed by atoms with E-state index in [9.17, 15) is 13.6 Å². The number of carbonyl (C=O) groups is 1. The number of alkyl halides is 2. The summed E-state index contributed by atoms with van der Waals surface area (Å²) in [6, 6.07) is 4.38. The molecule has 1 aromatic carbocycles. The summed E-state index contributed by atoms with van der Waals surface area (Å²) in [5.41, 5.74) is 0.145. The van der Waals surface area contributed by atoms with Gasteiger partial charge in [0.15, 0.2) is 0 Å². The maximum absolute atomic E-state index is 13.0. The predicted molar refractivity (Wildman–Crippen MR) is 68.9 cm³/mol. The van der Waals surface area contributed by atoms with Crippen LogP contribution in [0.2, 0.25) is 0 Å². The SMILES string of the molecule is O=C(O)c1ccc(OCC2CCC(F)(F)C2)c(Br)c1. The number of halogens is 3. The molecule has 0 radical (unpaired) electrons. The van der Waals surface area contributed by atoms with Gasteiger partial charge in [0.2, 0.25) is 5.92 Å². The summed E-state index contributed by atoms with van der Waals surface area (Å²) in [4.78, 5) is 10.8. The second-order valence-electron chi connectivity index (χ2n) is 4.73. The Bertz CT molecular complexity index is 491. The Balaban J connectivity index is 1.95. The van der Waals surface area contributed by atoms with Crippen molar-refractivity contribution >= 4 is 21.9 Å². The van der Waals surface area contributed by atoms with Gasteiger partial charge < -0.3 is 9.84 Å². The van der Waals surface area contributed by atoms with Gasteiger partial charge in [0.25, 0.3) is 0 Å². The van der Waals surface area contributed by atoms with E-state index in [1.807, 2.05) is 0 Å². The molecule has 1 fully saturated rings. The maximum Gasteiger partial charge on any atom is 0.335 e. The topological polar surface area (TPSA) is 46.5 Å². The highest BCUT2D eigenvalue weighted by Gasteiger charge is 2.39. The van der Waals surface area contributed by atoms with Crippen LogP contribution in [0.15, 0.2) is 22.7 Å². The van der Waals surface area contributed by atoms with Crippen LogP contribution in [0.25, 0.3) is 0 Å². The minimum atomic E-state index is -2.57. The lowest BCUT2D eigenvalue weighted by atomic mass is 10.1. The number of ether oxygens (including phenoxy) is 1. The maximum atomic E-state index is 13.0. The molecule has 0 amide bonds. The van der Waals surface area contributed by atoms with Crippen molar-refractivity contribution in [3.63, 3.8) is 0 Å². The van der Waals surface area contributed by atoms with Crippen LogP contribution in [0.5, 0.6) is 5.75 Å². The van der Waals surface area contributed by atoms with E-state index in [1.165, 1.54) is 18.2 Å². The molecule has 1 aliphatic rings. The average Bonchev–Trinajstić information content (AvgIpc) is 2.67. The van der Waals surface area contributed by atoms with Gasteiger partial charge in [-0.15, -0.1) is 0 Å². The lowest BCUT2D eigenvalue weighted by molar-refractivity contribution is 0.00289. The zero-order valence-corrected chi connectivity index (χ0v) is 11.6. The molecule has 1 N–H and O–H groups in total. The quantitative estimate of drug-likeness (QED) is 0.906. The first-order valence-corrected chi connectivity index (χ1v) is 6.70. The van der Waals surface area contributed by atoms with E-state index < -0.39 is 11.9 Å². The summed E-state index contributed by atoms with van der Waals surface area (Å²) in [5.74, 6) is -3.28. The molecule has 0 bridgehead atoms. The van der Waals surface area contributed by atoms with Crippen molar-refractivity contribution < 1.29 is 23.4 Å². The highest BCUT2D eigenvalue weighted by molar-refractivity contribution is 9.10. The Labute approximate surface area is 117 Å². The van der Waals surface area contributed by atoms with E-state index >= 15 is 0 Å². The Kier molecular flexibility index (Phi) is 4.08. The van der Waals surface area contributed by atoms with Crippen LogP contribution in [0.4, 0.5) is 8.78 Å². The lowest BCUT2D eigenvalue weighted by Gasteiger charge is -2.13. The van der Waals surface area contributed by atoms with Gasteiger partial charge in [-0.3, -0.25) is 0 Å². The van der Waals surface area contributed by atoms with Crippen molar-refractivity contribution in [2.45, 2.75) is 25.2 Å². The molecule has 1 aromatic rings. The second kappa shape index (κ2) is 5.45. The van der Waals surface area contributed by atoms with E-state index in [4.69, 9.17) is 9.84 Å². The Morgan fingerprint density at radius 2 is 2.26 bits per heavy atom. The fourth-order valence-electron chi connectivity index (χ4n) is 2.14. The molecule has 2 rings (SSSR count). The first-order valence-electron chi connectivity index (χ1n) is 5.91. The molecular weight excluding hydrogens is 322 g/mol. The van der Waals surface area contributed by atoms with Gasteiger partial charge >= 0.3 is 5.97 Å². The number of benzene rings is 1. The largest absolute Gasteiger partial charge is 0.492 e. The fraction of sp³-hybridized carbons (Fsp3) is 0.462. The Morgan fingerprint density at radius 1 is 1.53 bits per heavy atom. The van der Waals surface area contributed by atoms with Gasteiger partial charge in [-0.25, -0.2) is 13.6 Å². The van der Waals surface area contributed by atoms with E-state index in [2.05, 4.69) is 15.9 Å². The smallest absolute Gasteiger partial charge is 0.335 e. The van der Waals surface area contributed by atoms with Gasteiger partial charge in [0, 0.05) is 12.8 Å². The molecule has 0 heterocycles. The van der Waals surface area contributed by atoms with Crippen LogP contribution in [-0.4, -0.2) is 23.6 Å². The molecule has 0 aliphatic heterocycles. The van der Waals surface area contributed by atoms with Gasteiger partial charge in [-0.05, 0) is 46.5 Å². The van der Waals surface area contributed by atoms with Gasteiger partial charge in [-0.2, -0.15) is 0 Å².